The first kappa shape index (κ1) is 22.9. The maximum Gasteiger partial charge on any atom is 0.233 e. The van der Waals surface area contributed by atoms with E-state index in [-0.39, 0.29) is 35.2 Å². The molecule has 0 radical (unpaired) electrons. The molecule has 1 amide bonds. The van der Waals surface area contributed by atoms with Gasteiger partial charge in [-0.1, -0.05) is 49.5 Å². The molecule has 0 N–H and O–H groups in total. The number of halogens is 1. The van der Waals surface area contributed by atoms with Crippen molar-refractivity contribution in [3.8, 4) is 0 Å². The number of thioether (sulfide) groups is 1. The lowest BCUT2D eigenvalue weighted by molar-refractivity contribution is -0.133. The van der Waals surface area contributed by atoms with Crippen LogP contribution in [0.1, 0.15) is 51.9 Å². The van der Waals surface area contributed by atoms with Crippen LogP contribution in [-0.4, -0.2) is 58.1 Å². The third kappa shape index (κ3) is 5.22. The summed E-state index contributed by atoms with van der Waals surface area (Å²) in [7, 11) is -3.04. The van der Waals surface area contributed by atoms with E-state index in [2.05, 4.69) is 11.5 Å². The third-order valence-corrected chi connectivity index (χ3v) is 9.25. The van der Waals surface area contributed by atoms with E-state index in [0.29, 0.717) is 11.4 Å². The summed E-state index contributed by atoms with van der Waals surface area (Å²) in [5.41, 5.74) is 1.86. The Morgan fingerprint density at radius 1 is 1.23 bits per heavy atom. The average Bonchev–Trinajstić information content (AvgIpc) is 3.27. The highest BCUT2D eigenvalue weighted by atomic mass is 35.5. The number of aromatic nitrogens is 2. The number of fused-ring (bicyclic) bond motifs is 1. The fourth-order valence-corrected chi connectivity index (χ4v) is 7.68. The molecule has 2 fully saturated rings. The summed E-state index contributed by atoms with van der Waals surface area (Å²) in [6.45, 7) is 2.94. The number of amides is 1. The van der Waals surface area contributed by atoms with E-state index in [9.17, 15) is 13.2 Å². The maximum absolute atomic E-state index is 13.4. The van der Waals surface area contributed by atoms with Crippen LogP contribution in [-0.2, 0) is 21.2 Å². The standard InChI is InChI=1S/C22H30ClN3O3S2/c1-2-11-25-20-9-8-16(23)13-19(20)24-22(25)30-14-21(27)26(17-6-4-3-5-7-17)18-10-12-31(28,29)15-18/h8-9,13,17-18H,2-7,10-12,14-15H2,1H3. The molecule has 9 heteroatoms. The Morgan fingerprint density at radius 2 is 2.00 bits per heavy atom. The molecule has 170 valence electrons. The second-order valence-corrected chi connectivity index (χ2v) is 12.2. The molecule has 1 unspecified atom stereocenters. The lowest BCUT2D eigenvalue weighted by atomic mass is 9.93. The second-order valence-electron chi connectivity index (χ2n) is 8.62. The number of carbonyl (C=O) groups excluding carboxylic acids is 1. The van der Waals surface area contributed by atoms with Crippen LogP contribution >= 0.6 is 23.4 Å². The van der Waals surface area contributed by atoms with E-state index < -0.39 is 9.84 Å². The zero-order valence-electron chi connectivity index (χ0n) is 17.9. The fourth-order valence-electron chi connectivity index (χ4n) is 4.89. The van der Waals surface area contributed by atoms with Crippen molar-refractivity contribution in [2.24, 2.45) is 0 Å². The molecule has 0 spiro atoms. The SMILES string of the molecule is CCCn1c(SCC(=O)N(C2CCCCC2)C2CCS(=O)(=O)C2)nc2cc(Cl)ccc21. The fraction of sp³-hybridized carbons (Fsp3) is 0.636. The minimum atomic E-state index is -3.04. The molecule has 31 heavy (non-hydrogen) atoms. The predicted octanol–water partition coefficient (Wildman–Crippen LogP) is 4.54. The molecule has 1 saturated heterocycles. The Hall–Kier alpha value is -1.25. The van der Waals surface area contributed by atoms with Crippen molar-refractivity contribution in [1.29, 1.82) is 0 Å². The Labute approximate surface area is 193 Å². The Morgan fingerprint density at radius 3 is 2.68 bits per heavy atom. The summed E-state index contributed by atoms with van der Waals surface area (Å²) in [6, 6.07) is 5.67. The quantitative estimate of drug-likeness (QED) is 0.540. The number of hydrogen-bond acceptors (Lipinski definition) is 5. The Bertz CT molecular complexity index is 1050. The topological polar surface area (TPSA) is 72.3 Å². The van der Waals surface area contributed by atoms with Gasteiger partial charge in [0.05, 0.1) is 28.3 Å². The molecule has 1 saturated carbocycles. The molecule has 6 nitrogen and oxygen atoms in total. The van der Waals surface area contributed by atoms with Gasteiger partial charge in [-0.25, -0.2) is 13.4 Å². The maximum atomic E-state index is 13.4. The van der Waals surface area contributed by atoms with Gasteiger partial charge in [0, 0.05) is 23.7 Å². The summed E-state index contributed by atoms with van der Waals surface area (Å²) < 4.78 is 26.4. The van der Waals surface area contributed by atoms with E-state index in [1.165, 1.54) is 18.2 Å². The van der Waals surface area contributed by atoms with E-state index in [0.717, 1.165) is 54.8 Å². The molecule has 1 aromatic carbocycles. The third-order valence-electron chi connectivity index (χ3n) is 6.31. The second kappa shape index (κ2) is 9.71. The molecule has 0 bridgehead atoms. The normalized spacial score (nSPS) is 21.5. The minimum absolute atomic E-state index is 0.0344. The van der Waals surface area contributed by atoms with Gasteiger partial charge in [-0.15, -0.1) is 0 Å². The first-order chi connectivity index (χ1) is 14.9. The number of imidazole rings is 1. The number of nitrogens with zero attached hydrogens (tertiary/aromatic N) is 3. The smallest absolute Gasteiger partial charge is 0.233 e. The van der Waals surface area contributed by atoms with Gasteiger partial charge < -0.3 is 9.47 Å². The van der Waals surface area contributed by atoms with Gasteiger partial charge in [-0.2, -0.15) is 0 Å². The van der Waals surface area contributed by atoms with Gasteiger partial charge in [0.2, 0.25) is 5.91 Å². The molecule has 1 aromatic heterocycles. The summed E-state index contributed by atoms with van der Waals surface area (Å²) in [5, 5.41) is 1.46. The molecule has 1 aliphatic carbocycles. The van der Waals surface area contributed by atoms with Gasteiger partial charge >= 0.3 is 0 Å². The zero-order chi connectivity index (χ0) is 22.0. The predicted molar refractivity (Wildman–Crippen MR) is 127 cm³/mol. The lowest BCUT2D eigenvalue weighted by Crippen LogP contribution is -2.49. The first-order valence-electron chi connectivity index (χ1n) is 11.2. The molecule has 2 aromatic rings. The van der Waals surface area contributed by atoms with Crippen LogP contribution in [0.15, 0.2) is 23.4 Å². The molecule has 4 rings (SSSR count). The summed E-state index contributed by atoms with van der Waals surface area (Å²) in [4.78, 5) is 20.1. The Kier molecular flexibility index (Phi) is 7.18. The number of aryl methyl sites for hydroxylation is 1. The number of carbonyl (C=O) groups is 1. The first-order valence-corrected chi connectivity index (χ1v) is 14.4. The highest BCUT2D eigenvalue weighted by molar-refractivity contribution is 7.99. The van der Waals surface area contributed by atoms with Crippen molar-refractivity contribution in [2.45, 2.75) is 75.7 Å². The highest BCUT2D eigenvalue weighted by Crippen LogP contribution is 2.31. The molecule has 2 heterocycles. The van der Waals surface area contributed by atoms with Crippen molar-refractivity contribution in [3.05, 3.63) is 23.2 Å². The number of rotatable bonds is 7. The molecule has 2 aliphatic rings. The number of sulfone groups is 1. The van der Waals surface area contributed by atoms with Crippen LogP contribution in [0, 0.1) is 0 Å². The van der Waals surface area contributed by atoms with Crippen LogP contribution in [0.4, 0.5) is 0 Å². The molecular formula is C22H30ClN3O3S2. The van der Waals surface area contributed by atoms with Gasteiger partial charge in [0.15, 0.2) is 15.0 Å². The number of benzene rings is 1. The van der Waals surface area contributed by atoms with Crippen molar-refractivity contribution >= 4 is 50.1 Å². The molecule has 1 atom stereocenters. The largest absolute Gasteiger partial charge is 0.335 e. The van der Waals surface area contributed by atoms with Gasteiger partial charge in [0.25, 0.3) is 0 Å². The van der Waals surface area contributed by atoms with E-state index in [4.69, 9.17) is 16.6 Å². The highest BCUT2D eigenvalue weighted by Gasteiger charge is 2.38. The minimum Gasteiger partial charge on any atom is -0.335 e. The van der Waals surface area contributed by atoms with Crippen molar-refractivity contribution in [3.63, 3.8) is 0 Å². The lowest BCUT2D eigenvalue weighted by Gasteiger charge is -2.38. The van der Waals surface area contributed by atoms with Crippen molar-refractivity contribution < 1.29 is 13.2 Å². The van der Waals surface area contributed by atoms with Gasteiger partial charge in [-0.3, -0.25) is 4.79 Å². The van der Waals surface area contributed by atoms with Crippen molar-refractivity contribution in [2.75, 3.05) is 17.3 Å². The summed E-state index contributed by atoms with van der Waals surface area (Å²) in [6.07, 6.45) is 6.87. The molecule has 1 aliphatic heterocycles. The van der Waals surface area contributed by atoms with Crippen LogP contribution in [0.3, 0.4) is 0 Å². The van der Waals surface area contributed by atoms with Crippen LogP contribution < -0.4 is 0 Å². The number of hydrogen-bond donors (Lipinski definition) is 0. The van der Waals surface area contributed by atoms with E-state index in [1.54, 1.807) is 0 Å². The summed E-state index contributed by atoms with van der Waals surface area (Å²) in [5.74, 6) is 0.599. The van der Waals surface area contributed by atoms with E-state index >= 15 is 0 Å². The van der Waals surface area contributed by atoms with Gasteiger partial charge in [-0.05, 0) is 43.9 Å². The van der Waals surface area contributed by atoms with Gasteiger partial charge in [0.1, 0.15) is 0 Å². The monoisotopic (exact) mass is 483 g/mol. The van der Waals surface area contributed by atoms with Crippen molar-refractivity contribution in [1.82, 2.24) is 14.5 Å². The van der Waals surface area contributed by atoms with Crippen LogP contribution in [0.25, 0.3) is 11.0 Å². The van der Waals surface area contributed by atoms with Crippen LogP contribution in [0.5, 0.6) is 0 Å². The molecular weight excluding hydrogens is 454 g/mol. The zero-order valence-corrected chi connectivity index (χ0v) is 20.3. The Balaban J connectivity index is 1.54. The average molecular weight is 484 g/mol. The van der Waals surface area contributed by atoms with Crippen LogP contribution in [0.2, 0.25) is 5.02 Å². The van der Waals surface area contributed by atoms with E-state index in [1.807, 2.05) is 23.1 Å². The summed E-state index contributed by atoms with van der Waals surface area (Å²) >= 11 is 7.59.